The molecule has 0 aromatic carbocycles. The molecule has 0 aliphatic heterocycles. The second-order valence-corrected chi connectivity index (χ2v) is 4.38. The van der Waals surface area contributed by atoms with Crippen molar-refractivity contribution in [2.75, 3.05) is 40.3 Å². The van der Waals surface area contributed by atoms with E-state index in [1.54, 1.807) is 0 Å². The van der Waals surface area contributed by atoms with E-state index in [0.717, 1.165) is 25.6 Å². The van der Waals surface area contributed by atoms with Crippen LogP contribution in [0.15, 0.2) is 0 Å². The molecule has 1 N–H and O–H groups in total. The minimum atomic E-state index is -0.718. The van der Waals surface area contributed by atoms with Crippen LogP contribution in [-0.2, 0) is 4.79 Å². The fraction of sp³-hybridized carbons (Fsp3) is 0.900. The molecule has 0 saturated heterocycles. The molecule has 0 heterocycles. The molecule has 0 unspecified atom stereocenters. The highest BCUT2D eigenvalue weighted by atomic mass is 16.4. The summed E-state index contributed by atoms with van der Waals surface area (Å²) >= 11 is 0. The van der Waals surface area contributed by atoms with Gasteiger partial charge in [0, 0.05) is 19.6 Å². The van der Waals surface area contributed by atoms with Crippen LogP contribution in [0.4, 0.5) is 0 Å². The number of likely N-dealkylation sites (N-methyl/N-ethyl adjacent to an activating group) is 1. The van der Waals surface area contributed by atoms with E-state index >= 15 is 0 Å². The molecule has 0 spiro atoms. The lowest BCUT2D eigenvalue weighted by molar-refractivity contribution is -0.138. The Labute approximate surface area is 85.5 Å². The van der Waals surface area contributed by atoms with Gasteiger partial charge >= 0.3 is 5.97 Å². The molecule has 1 aliphatic rings. The molecular formula is C10H20N2O2. The van der Waals surface area contributed by atoms with Crippen LogP contribution in [0.2, 0.25) is 0 Å². The lowest BCUT2D eigenvalue weighted by atomic mass is 10.3. The monoisotopic (exact) mass is 200 g/mol. The number of rotatable bonds is 7. The van der Waals surface area contributed by atoms with Gasteiger partial charge in [0.15, 0.2) is 0 Å². The Morgan fingerprint density at radius 3 is 2.43 bits per heavy atom. The number of nitrogens with zero attached hydrogens (tertiary/aromatic N) is 2. The third kappa shape index (κ3) is 5.19. The van der Waals surface area contributed by atoms with Crippen molar-refractivity contribution in [2.45, 2.75) is 12.8 Å². The van der Waals surface area contributed by atoms with E-state index in [4.69, 9.17) is 5.11 Å². The molecule has 0 atom stereocenters. The second-order valence-electron chi connectivity index (χ2n) is 4.38. The summed E-state index contributed by atoms with van der Waals surface area (Å²) in [7, 11) is 4.02. The van der Waals surface area contributed by atoms with Crippen LogP contribution in [0.1, 0.15) is 12.8 Å². The fourth-order valence-electron chi connectivity index (χ4n) is 1.43. The first-order valence-electron chi connectivity index (χ1n) is 5.17. The van der Waals surface area contributed by atoms with Gasteiger partial charge in [0.05, 0.1) is 6.54 Å². The van der Waals surface area contributed by atoms with E-state index in [1.807, 2.05) is 19.0 Å². The molecule has 0 radical (unpaired) electrons. The number of aliphatic carboxylic acids is 1. The van der Waals surface area contributed by atoms with Crippen molar-refractivity contribution in [3.63, 3.8) is 0 Å². The molecular weight excluding hydrogens is 180 g/mol. The Balaban J connectivity index is 2.23. The van der Waals surface area contributed by atoms with E-state index in [1.165, 1.54) is 12.8 Å². The number of carboxylic acid groups (broad SMARTS) is 1. The van der Waals surface area contributed by atoms with Gasteiger partial charge < -0.3 is 10.0 Å². The minimum absolute atomic E-state index is 0.185. The van der Waals surface area contributed by atoms with Crippen LogP contribution >= 0.6 is 0 Å². The van der Waals surface area contributed by atoms with Gasteiger partial charge in [0.25, 0.3) is 0 Å². The van der Waals surface area contributed by atoms with Crippen molar-refractivity contribution in [1.82, 2.24) is 9.80 Å². The predicted molar refractivity (Wildman–Crippen MR) is 55.4 cm³/mol. The van der Waals surface area contributed by atoms with E-state index in [9.17, 15) is 4.79 Å². The summed E-state index contributed by atoms with van der Waals surface area (Å²) in [6.07, 6.45) is 2.55. The number of hydrogen-bond donors (Lipinski definition) is 1. The summed E-state index contributed by atoms with van der Waals surface area (Å²) < 4.78 is 0. The topological polar surface area (TPSA) is 43.8 Å². The Hall–Kier alpha value is -0.610. The molecule has 14 heavy (non-hydrogen) atoms. The Kier molecular flexibility index (Phi) is 4.35. The van der Waals surface area contributed by atoms with Gasteiger partial charge in [-0.2, -0.15) is 0 Å². The third-order valence-electron chi connectivity index (χ3n) is 2.44. The number of carbonyl (C=O) groups is 1. The van der Waals surface area contributed by atoms with Crippen LogP contribution < -0.4 is 0 Å². The minimum Gasteiger partial charge on any atom is -0.480 e. The summed E-state index contributed by atoms with van der Waals surface area (Å²) in [6.45, 7) is 2.93. The zero-order valence-electron chi connectivity index (χ0n) is 9.07. The normalized spacial score (nSPS) is 16.6. The maximum absolute atomic E-state index is 10.6. The number of carboxylic acids is 1. The van der Waals surface area contributed by atoms with Crippen molar-refractivity contribution in [3.05, 3.63) is 0 Å². The molecule has 1 saturated carbocycles. The van der Waals surface area contributed by atoms with E-state index in [-0.39, 0.29) is 6.54 Å². The highest BCUT2D eigenvalue weighted by molar-refractivity contribution is 5.69. The van der Waals surface area contributed by atoms with Crippen LogP contribution in [0.5, 0.6) is 0 Å². The second kappa shape index (κ2) is 5.32. The summed E-state index contributed by atoms with van der Waals surface area (Å²) in [5, 5.41) is 8.73. The van der Waals surface area contributed by atoms with Gasteiger partial charge in [0.2, 0.25) is 0 Å². The molecule has 0 aromatic heterocycles. The SMILES string of the molecule is CN(C)CCN(CC(=O)O)CC1CC1. The van der Waals surface area contributed by atoms with Gasteiger partial charge in [-0.1, -0.05) is 0 Å². The maximum Gasteiger partial charge on any atom is 0.317 e. The first kappa shape index (κ1) is 11.5. The molecule has 1 rings (SSSR count). The van der Waals surface area contributed by atoms with Crippen LogP contribution in [0, 0.1) is 5.92 Å². The molecule has 1 fully saturated rings. The first-order chi connectivity index (χ1) is 6.58. The van der Waals surface area contributed by atoms with E-state index in [0.29, 0.717) is 0 Å². The first-order valence-corrected chi connectivity index (χ1v) is 5.17. The smallest absolute Gasteiger partial charge is 0.317 e. The van der Waals surface area contributed by atoms with E-state index in [2.05, 4.69) is 4.90 Å². The summed E-state index contributed by atoms with van der Waals surface area (Å²) in [5.41, 5.74) is 0. The van der Waals surface area contributed by atoms with Crippen molar-refractivity contribution >= 4 is 5.97 Å². The average Bonchev–Trinajstić information content (AvgIpc) is 2.83. The fourth-order valence-corrected chi connectivity index (χ4v) is 1.43. The molecule has 0 aromatic rings. The third-order valence-corrected chi connectivity index (χ3v) is 2.44. The predicted octanol–water partition coefficient (Wildman–Crippen LogP) is 0.345. The van der Waals surface area contributed by atoms with Crippen molar-refractivity contribution < 1.29 is 9.90 Å². The Morgan fingerprint density at radius 1 is 1.36 bits per heavy atom. The van der Waals surface area contributed by atoms with Gasteiger partial charge in [-0.25, -0.2) is 0 Å². The van der Waals surface area contributed by atoms with E-state index < -0.39 is 5.97 Å². The van der Waals surface area contributed by atoms with Crippen LogP contribution in [0.25, 0.3) is 0 Å². The largest absolute Gasteiger partial charge is 0.480 e. The highest BCUT2D eigenvalue weighted by Crippen LogP contribution is 2.29. The Morgan fingerprint density at radius 2 is 2.00 bits per heavy atom. The molecule has 4 nitrogen and oxygen atoms in total. The van der Waals surface area contributed by atoms with Crippen LogP contribution in [-0.4, -0.2) is 61.2 Å². The maximum atomic E-state index is 10.6. The van der Waals surface area contributed by atoms with Gasteiger partial charge in [0.1, 0.15) is 0 Å². The van der Waals surface area contributed by atoms with Crippen molar-refractivity contribution in [1.29, 1.82) is 0 Å². The quantitative estimate of drug-likeness (QED) is 0.644. The average molecular weight is 200 g/mol. The van der Waals surface area contributed by atoms with Crippen molar-refractivity contribution in [3.8, 4) is 0 Å². The van der Waals surface area contributed by atoms with Gasteiger partial charge in [-0.05, 0) is 32.9 Å². The molecule has 0 amide bonds. The Bertz CT molecular complexity index is 191. The van der Waals surface area contributed by atoms with Gasteiger partial charge in [-0.3, -0.25) is 9.69 Å². The van der Waals surface area contributed by atoms with Crippen LogP contribution in [0.3, 0.4) is 0 Å². The standard InChI is InChI=1S/C10H20N2O2/c1-11(2)5-6-12(8-10(13)14)7-9-3-4-9/h9H,3-8H2,1-2H3,(H,13,14). The molecule has 82 valence electrons. The molecule has 1 aliphatic carbocycles. The lowest BCUT2D eigenvalue weighted by Crippen LogP contribution is -2.36. The summed E-state index contributed by atoms with van der Waals surface area (Å²) in [6, 6.07) is 0. The lowest BCUT2D eigenvalue weighted by Gasteiger charge is -2.21. The highest BCUT2D eigenvalue weighted by Gasteiger charge is 2.24. The molecule has 0 bridgehead atoms. The zero-order valence-corrected chi connectivity index (χ0v) is 9.07. The number of hydrogen-bond acceptors (Lipinski definition) is 3. The summed E-state index contributed by atoms with van der Waals surface area (Å²) in [5.74, 6) is 0.0425. The molecule has 4 heteroatoms. The zero-order chi connectivity index (χ0) is 10.6. The van der Waals surface area contributed by atoms with Gasteiger partial charge in [-0.15, -0.1) is 0 Å². The van der Waals surface area contributed by atoms with Crippen molar-refractivity contribution in [2.24, 2.45) is 5.92 Å². The summed E-state index contributed by atoms with van der Waals surface area (Å²) in [4.78, 5) is 14.7.